The Balaban J connectivity index is 1.82. The number of ether oxygens (including phenoxy) is 1. The van der Waals surface area contributed by atoms with Gasteiger partial charge in [0.1, 0.15) is 6.10 Å². The van der Waals surface area contributed by atoms with E-state index in [0.717, 1.165) is 12.8 Å². The van der Waals surface area contributed by atoms with Crippen LogP contribution in [0.15, 0.2) is 0 Å². The van der Waals surface area contributed by atoms with Crippen LogP contribution in [0.4, 0.5) is 4.79 Å². The Morgan fingerprint density at radius 2 is 2.00 bits per heavy atom. The Morgan fingerprint density at radius 1 is 1.27 bits per heavy atom. The number of rotatable bonds is 1. The van der Waals surface area contributed by atoms with Crippen molar-refractivity contribution >= 4 is 6.16 Å². The van der Waals surface area contributed by atoms with Gasteiger partial charge >= 0.3 is 6.16 Å². The standard InChI is InChI=1S/C11H19NO3/c13-10(14)15-9-4-7-11(12-8-9)5-2-1-3-6-11/h9,12H,1-8H2,(H,13,14). The van der Waals surface area contributed by atoms with Crippen LogP contribution in [-0.2, 0) is 4.74 Å². The summed E-state index contributed by atoms with van der Waals surface area (Å²) < 4.78 is 4.78. The lowest BCUT2D eigenvalue weighted by Gasteiger charge is -2.43. The van der Waals surface area contributed by atoms with Crippen LogP contribution in [0.25, 0.3) is 0 Å². The van der Waals surface area contributed by atoms with Crippen molar-refractivity contribution in [1.29, 1.82) is 0 Å². The molecule has 4 heteroatoms. The van der Waals surface area contributed by atoms with Gasteiger partial charge < -0.3 is 15.2 Å². The highest BCUT2D eigenvalue weighted by Gasteiger charge is 2.36. The van der Waals surface area contributed by atoms with Crippen LogP contribution >= 0.6 is 0 Å². The van der Waals surface area contributed by atoms with E-state index >= 15 is 0 Å². The minimum absolute atomic E-state index is 0.143. The molecule has 1 aliphatic carbocycles. The van der Waals surface area contributed by atoms with E-state index in [0.29, 0.717) is 12.1 Å². The maximum atomic E-state index is 10.4. The van der Waals surface area contributed by atoms with E-state index in [-0.39, 0.29) is 6.10 Å². The van der Waals surface area contributed by atoms with E-state index in [9.17, 15) is 4.79 Å². The normalized spacial score (nSPS) is 30.0. The summed E-state index contributed by atoms with van der Waals surface area (Å²) in [5.74, 6) is 0. The molecular formula is C11H19NO3. The lowest BCUT2D eigenvalue weighted by Crippen LogP contribution is -2.54. The van der Waals surface area contributed by atoms with Crippen molar-refractivity contribution in [2.45, 2.75) is 56.6 Å². The zero-order chi connectivity index (χ0) is 10.7. The zero-order valence-corrected chi connectivity index (χ0v) is 9.00. The first-order chi connectivity index (χ1) is 7.20. The van der Waals surface area contributed by atoms with E-state index < -0.39 is 6.16 Å². The van der Waals surface area contributed by atoms with Gasteiger partial charge in [0, 0.05) is 12.1 Å². The number of hydrogen-bond donors (Lipinski definition) is 2. The first kappa shape index (κ1) is 10.7. The average Bonchev–Trinajstić information content (AvgIpc) is 2.23. The van der Waals surface area contributed by atoms with E-state index in [2.05, 4.69) is 5.32 Å². The molecule has 0 aromatic heterocycles. The Labute approximate surface area is 90.0 Å². The minimum Gasteiger partial charge on any atom is -0.450 e. The molecule has 0 radical (unpaired) electrons. The van der Waals surface area contributed by atoms with E-state index in [4.69, 9.17) is 9.84 Å². The largest absolute Gasteiger partial charge is 0.506 e. The van der Waals surface area contributed by atoms with Crippen LogP contribution in [0, 0.1) is 0 Å². The van der Waals surface area contributed by atoms with E-state index in [1.807, 2.05) is 0 Å². The molecule has 0 amide bonds. The highest BCUT2D eigenvalue weighted by atomic mass is 16.7. The highest BCUT2D eigenvalue weighted by Crippen LogP contribution is 2.34. The van der Waals surface area contributed by atoms with Crippen molar-refractivity contribution in [3.8, 4) is 0 Å². The second-order valence-corrected chi connectivity index (χ2v) is 4.77. The molecule has 1 saturated carbocycles. The summed E-state index contributed by atoms with van der Waals surface area (Å²) in [4.78, 5) is 10.4. The molecule has 0 bridgehead atoms. The molecule has 0 aromatic rings. The molecule has 1 unspecified atom stereocenters. The molecular weight excluding hydrogens is 194 g/mol. The number of carbonyl (C=O) groups is 1. The summed E-state index contributed by atoms with van der Waals surface area (Å²) in [6.45, 7) is 0.687. The number of piperidine rings is 1. The van der Waals surface area contributed by atoms with Crippen molar-refractivity contribution in [1.82, 2.24) is 5.32 Å². The summed E-state index contributed by atoms with van der Waals surface area (Å²) in [6.07, 6.45) is 7.08. The average molecular weight is 213 g/mol. The first-order valence-electron chi connectivity index (χ1n) is 5.85. The van der Waals surface area contributed by atoms with Crippen LogP contribution in [0.3, 0.4) is 0 Å². The zero-order valence-electron chi connectivity index (χ0n) is 9.00. The van der Waals surface area contributed by atoms with Crippen molar-refractivity contribution in [3.63, 3.8) is 0 Å². The molecule has 2 fully saturated rings. The fourth-order valence-electron chi connectivity index (χ4n) is 2.86. The van der Waals surface area contributed by atoms with Gasteiger partial charge in [-0.25, -0.2) is 4.79 Å². The van der Waals surface area contributed by atoms with Crippen LogP contribution in [-0.4, -0.2) is 29.4 Å². The molecule has 2 rings (SSSR count). The van der Waals surface area contributed by atoms with Gasteiger partial charge in [-0.2, -0.15) is 0 Å². The Kier molecular flexibility index (Phi) is 3.14. The quantitative estimate of drug-likeness (QED) is 0.655. The van der Waals surface area contributed by atoms with Gasteiger partial charge in [-0.15, -0.1) is 0 Å². The molecule has 15 heavy (non-hydrogen) atoms. The minimum atomic E-state index is -1.15. The number of carboxylic acid groups (broad SMARTS) is 1. The summed E-state index contributed by atoms with van der Waals surface area (Å²) >= 11 is 0. The molecule has 86 valence electrons. The van der Waals surface area contributed by atoms with E-state index in [1.165, 1.54) is 32.1 Å². The lowest BCUT2D eigenvalue weighted by molar-refractivity contribution is 0.0192. The predicted octanol–water partition coefficient (Wildman–Crippen LogP) is 2.14. The highest BCUT2D eigenvalue weighted by molar-refractivity contribution is 5.57. The molecule has 1 aliphatic heterocycles. The van der Waals surface area contributed by atoms with Gasteiger partial charge in [0.25, 0.3) is 0 Å². The van der Waals surface area contributed by atoms with Crippen LogP contribution in [0.1, 0.15) is 44.9 Å². The lowest BCUT2D eigenvalue weighted by atomic mass is 9.76. The number of nitrogens with one attached hydrogen (secondary N) is 1. The molecule has 2 aliphatic rings. The Bertz CT molecular complexity index is 226. The SMILES string of the molecule is O=C(O)OC1CCC2(CCCCC2)NC1. The molecule has 2 N–H and O–H groups in total. The van der Waals surface area contributed by atoms with Gasteiger partial charge in [-0.1, -0.05) is 19.3 Å². The third kappa shape index (κ3) is 2.62. The Hall–Kier alpha value is -0.770. The fourth-order valence-corrected chi connectivity index (χ4v) is 2.86. The molecule has 4 nitrogen and oxygen atoms in total. The summed E-state index contributed by atoms with van der Waals surface area (Å²) in [5, 5.41) is 12.0. The van der Waals surface area contributed by atoms with Gasteiger partial charge in [0.2, 0.25) is 0 Å². The third-order valence-electron chi connectivity index (χ3n) is 3.73. The smallest absolute Gasteiger partial charge is 0.450 e. The third-order valence-corrected chi connectivity index (χ3v) is 3.73. The second kappa shape index (κ2) is 4.39. The second-order valence-electron chi connectivity index (χ2n) is 4.77. The number of hydrogen-bond acceptors (Lipinski definition) is 3. The molecule has 1 heterocycles. The summed E-state index contributed by atoms with van der Waals surface area (Å²) in [7, 11) is 0. The van der Waals surface area contributed by atoms with Crippen LogP contribution < -0.4 is 5.32 Å². The van der Waals surface area contributed by atoms with Gasteiger partial charge in [0.15, 0.2) is 0 Å². The van der Waals surface area contributed by atoms with Crippen molar-refractivity contribution in [2.24, 2.45) is 0 Å². The molecule has 1 atom stereocenters. The van der Waals surface area contributed by atoms with Crippen LogP contribution in [0.5, 0.6) is 0 Å². The molecule has 1 saturated heterocycles. The maximum Gasteiger partial charge on any atom is 0.506 e. The summed E-state index contributed by atoms with van der Waals surface area (Å²) in [5.41, 5.74) is 0.302. The first-order valence-corrected chi connectivity index (χ1v) is 5.85. The maximum absolute atomic E-state index is 10.4. The van der Waals surface area contributed by atoms with Crippen LogP contribution in [0.2, 0.25) is 0 Å². The Morgan fingerprint density at radius 3 is 2.53 bits per heavy atom. The van der Waals surface area contributed by atoms with Crippen molar-refractivity contribution in [2.75, 3.05) is 6.54 Å². The topological polar surface area (TPSA) is 58.6 Å². The molecule has 0 aromatic carbocycles. The van der Waals surface area contributed by atoms with Gasteiger partial charge in [0.05, 0.1) is 0 Å². The fraction of sp³-hybridized carbons (Fsp3) is 0.909. The van der Waals surface area contributed by atoms with Gasteiger partial charge in [-0.05, 0) is 25.7 Å². The molecule has 1 spiro atoms. The van der Waals surface area contributed by atoms with Gasteiger partial charge in [-0.3, -0.25) is 0 Å². The van der Waals surface area contributed by atoms with Crippen molar-refractivity contribution < 1.29 is 14.6 Å². The predicted molar refractivity (Wildman–Crippen MR) is 56.0 cm³/mol. The van der Waals surface area contributed by atoms with E-state index in [1.54, 1.807) is 0 Å². The van der Waals surface area contributed by atoms with Crippen molar-refractivity contribution in [3.05, 3.63) is 0 Å². The summed E-state index contributed by atoms with van der Waals surface area (Å²) in [6, 6.07) is 0. The monoisotopic (exact) mass is 213 g/mol.